The molecule has 90 valence electrons. The highest BCUT2D eigenvalue weighted by molar-refractivity contribution is 7.98. The van der Waals surface area contributed by atoms with Crippen LogP contribution in [0.1, 0.15) is 18.4 Å². The minimum absolute atomic E-state index is 0.201. The molecule has 0 aliphatic rings. The minimum atomic E-state index is -0.201. The molecule has 0 aromatic carbocycles. The van der Waals surface area contributed by atoms with E-state index in [0.29, 0.717) is 17.4 Å². The number of aromatic nitrogens is 3. The van der Waals surface area contributed by atoms with Crippen molar-refractivity contribution < 1.29 is 4.52 Å². The highest BCUT2D eigenvalue weighted by Crippen LogP contribution is 2.18. The fourth-order valence-electron chi connectivity index (χ4n) is 1.35. The van der Waals surface area contributed by atoms with Crippen molar-refractivity contribution in [2.75, 3.05) is 12.0 Å². The summed E-state index contributed by atoms with van der Waals surface area (Å²) in [4.78, 5) is 8.41. The second kappa shape index (κ2) is 5.79. The van der Waals surface area contributed by atoms with Gasteiger partial charge in [0, 0.05) is 6.20 Å². The highest BCUT2D eigenvalue weighted by Gasteiger charge is 2.15. The number of hydrogen-bond acceptors (Lipinski definition) is 6. The molecule has 0 aliphatic heterocycles. The van der Waals surface area contributed by atoms with E-state index in [1.165, 1.54) is 0 Å². The van der Waals surface area contributed by atoms with E-state index in [-0.39, 0.29) is 6.04 Å². The standard InChI is InChI=1S/C11H14N4OS/c1-17-7-5-8(12)11-14-10(15-16-11)9-4-2-3-6-13-9/h2-4,6,8H,5,7,12H2,1H3. The Morgan fingerprint density at radius 1 is 1.47 bits per heavy atom. The normalized spacial score (nSPS) is 12.6. The Morgan fingerprint density at radius 2 is 2.35 bits per heavy atom. The molecule has 17 heavy (non-hydrogen) atoms. The van der Waals surface area contributed by atoms with Crippen molar-refractivity contribution in [2.24, 2.45) is 5.73 Å². The summed E-state index contributed by atoms with van der Waals surface area (Å²) in [6.07, 6.45) is 4.56. The molecule has 2 N–H and O–H groups in total. The topological polar surface area (TPSA) is 77.8 Å². The van der Waals surface area contributed by atoms with Gasteiger partial charge in [-0.25, -0.2) is 0 Å². The third-order valence-corrected chi connectivity index (χ3v) is 2.93. The molecule has 0 radical (unpaired) electrons. The number of pyridine rings is 1. The van der Waals surface area contributed by atoms with Crippen molar-refractivity contribution in [3.8, 4) is 11.5 Å². The summed E-state index contributed by atoms with van der Waals surface area (Å²) < 4.78 is 5.14. The first-order chi connectivity index (χ1) is 8.31. The molecule has 1 unspecified atom stereocenters. The van der Waals surface area contributed by atoms with Crippen LogP contribution in [-0.2, 0) is 0 Å². The number of hydrogen-bond donors (Lipinski definition) is 1. The lowest BCUT2D eigenvalue weighted by atomic mass is 10.2. The lowest BCUT2D eigenvalue weighted by Crippen LogP contribution is -2.11. The number of nitrogens with two attached hydrogens (primary N) is 1. The van der Waals surface area contributed by atoms with Crippen molar-refractivity contribution in [1.82, 2.24) is 15.1 Å². The quantitative estimate of drug-likeness (QED) is 0.873. The molecule has 0 fully saturated rings. The lowest BCUT2D eigenvalue weighted by Gasteiger charge is -2.03. The molecular weight excluding hydrogens is 236 g/mol. The van der Waals surface area contributed by atoms with Crippen LogP contribution >= 0.6 is 11.8 Å². The van der Waals surface area contributed by atoms with Crippen LogP contribution in [0.4, 0.5) is 0 Å². The summed E-state index contributed by atoms with van der Waals surface area (Å²) in [6, 6.07) is 5.36. The Balaban J connectivity index is 2.11. The van der Waals surface area contributed by atoms with Crippen molar-refractivity contribution in [1.29, 1.82) is 0 Å². The van der Waals surface area contributed by atoms with Gasteiger partial charge < -0.3 is 10.3 Å². The van der Waals surface area contributed by atoms with Gasteiger partial charge in [-0.2, -0.15) is 16.7 Å². The molecule has 0 aliphatic carbocycles. The van der Waals surface area contributed by atoms with Gasteiger partial charge in [0.1, 0.15) is 5.69 Å². The number of rotatable bonds is 5. The summed E-state index contributed by atoms with van der Waals surface area (Å²) in [7, 11) is 0. The van der Waals surface area contributed by atoms with Crippen molar-refractivity contribution in [3.05, 3.63) is 30.3 Å². The van der Waals surface area contributed by atoms with E-state index >= 15 is 0 Å². The van der Waals surface area contributed by atoms with Crippen LogP contribution in [0.3, 0.4) is 0 Å². The third-order valence-electron chi connectivity index (χ3n) is 2.29. The van der Waals surface area contributed by atoms with Crippen LogP contribution in [0.15, 0.2) is 28.9 Å². The van der Waals surface area contributed by atoms with Gasteiger partial charge in [0.2, 0.25) is 11.7 Å². The molecule has 0 amide bonds. The van der Waals surface area contributed by atoms with Gasteiger partial charge in [0.25, 0.3) is 0 Å². The van der Waals surface area contributed by atoms with Gasteiger partial charge in [-0.15, -0.1) is 0 Å². The summed E-state index contributed by atoms with van der Waals surface area (Å²) >= 11 is 1.75. The van der Waals surface area contributed by atoms with Crippen LogP contribution < -0.4 is 5.73 Å². The van der Waals surface area contributed by atoms with Crippen molar-refractivity contribution in [2.45, 2.75) is 12.5 Å². The van der Waals surface area contributed by atoms with E-state index in [9.17, 15) is 0 Å². The summed E-state index contributed by atoms with van der Waals surface area (Å²) in [5, 5.41) is 3.88. The maximum absolute atomic E-state index is 5.94. The van der Waals surface area contributed by atoms with E-state index in [1.807, 2.05) is 24.5 Å². The minimum Gasteiger partial charge on any atom is -0.337 e. The predicted molar refractivity (Wildman–Crippen MR) is 67.5 cm³/mol. The molecule has 0 saturated heterocycles. The maximum atomic E-state index is 5.94. The Bertz CT molecular complexity index is 460. The van der Waals surface area contributed by atoms with Gasteiger partial charge in [-0.3, -0.25) is 4.98 Å². The molecular formula is C11H14N4OS. The van der Waals surface area contributed by atoms with Crippen LogP contribution in [0.2, 0.25) is 0 Å². The molecule has 1 atom stereocenters. The first kappa shape index (κ1) is 12.1. The molecule has 2 heterocycles. The fourth-order valence-corrected chi connectivity index (χ4v) is 1.84. The van der Waals surface area contributed by atoms with E-state index in [4.69, 9.17) is 10.3 Å². The Hall–Kier alpha value is -1.40. The zero-order valence-electron chi connectivity index (χ0n) is 9.54. The second-order valence-corrected chi connectivity index (χ2v) is 4.54. The average Bonchev–Trinajstić information content (AvgIpc) is 2.86. The Kier molecular flexibility index (Phi) is 4.11. The summed E-state index contributed by atoms with van der Waals surface area (Å²) in [5.74, 6) is 1.93. The largest absolute Gasteiger partial charge is 0.337 e. The van der Waals surface area contributed by atoms with Gasteiger partial charge in [-0.05, 0) is 30.6 Å². The second-order valence-electron chi connectivity index (χ2n) is 3.56. The molecule has 5 nitrogen and oxygen atoms in total. The van der Waals surface area contributed by atoms with Gasteiger partial charge in [0.15, 0.2) is 0 Å². The van der Waals surface area contributed by atoms with E-state index in [0.717, 1.165) is 12.2 Å². The Labute approximate surface area is 104 Å². The first-order valence-electron chi connectivity index (χ1n) is 5.31. The molecule has 0 saturated carbocycles. The van der Waals surface area contributed by atoms with Gasteiger partial charge >= 0.3 is 0 Å². The molecule has 2 rings (SSSR count). The number of thioether (sulfide) groups is 1. The maximum Gasteiger partial charge on any atom is 0.243 e. The van der Waals surface area contributed by atoms with Crippen molar-refractivity contribution >= 4 is 11.8 Å². The summed E-state index contributed by atoms with van der Waals surface area (Å²) in [5.41, 5.74) is 6.64. The first-order valence-corrected chi connectivity index (χ1v) is 6.70. The Morgan fingerprint density at radius 3 is 3.06 bits per heavy atom. The smallest absolute Gasteiger partial charge is 0.243 e. The highest BCUT2D eigenvalue weighted by atomic mass is 32.2. The average molecular weight is 250 g/mol. The van der Waals surface area contributed by atoms with Gasteiger partial charge in [-0.1, -0.05) is 11.2 Å². The number of nitrogens with zero attached hydrogens (tertiary/aromatic N) is 3. The van der Waals surface area contributed by atoms with Crippen LogP contribution in [0.5, 0.6) is 0 Å². The van der Waals surface area contributed by atoms with Crippen molar-refractivity contribution in [3.63, 3.8) is 0 Å². The van der Waals surface area contributed by atoms with E-state index in [2.05, 4.69) is 15.1 Å². The zero-order valence-corrected chi connectivity index (χ0v) is 10.4. The molecule has 2 aromatic heterocycles. The lowest BCUT2D eigenvalue weighted by molar-refractivity contribution is 0.353. The fraction of sp³-hybridized carbons (Fsp3) is 0.364. The van der Waals surface area contributed by atoms with Crippen LogP contribution in [-0.4, -0.2) is 27.1 Å². The monoisotopic (exact) mass is 250 g/mol. The predicted octanol–water partition coefficient (Wildman–Crippen LogP) is 1.88. The summed E-state index contributed by atoms with van der Waals surface area (Å²) in [6.45, 7) is 0. The van der Waals surface area contributed by atoms with Crippen LogP contribution in [0.25, 0.3) is 11.5 Å². The van der Waals surface area contributed by atoms with E-state index in [1.54, 1.807) is 18.0 Å². The van der Waals surface area contributed by atoms with Crippen LogP contribution in [0, 0.1) is 0 Å². The SMILES string of the molecule is CSCCC(N)c1nc(-c2ccccn2)no1. The zero-order chi connectivity index (χ0) is 12.1. The van der Waals surface area contributed by atoms with Gasteiger partial charge in [0.05, 0.1) is 6.04 Å². The molecule has 0 spiro atoms. The molecule has 2 aromatic rings. The van der Waals surface area contributed by atoms with E-state index < -0.39 is 0 Å². The molecule has 6 heteroatoms. The molecule has 0 bridgehead atoms. The third kappa shape index (κ3) is 3.04.